The van der Waals surface area contributed by atoms with Crippen LogP contribution >= 0.6 is 0 Å². The molecule has 2 heterocycles. The Morgan fingerprint density at radius 1 is 1.38 bits per heavy atom. The van der Waals surface area contributed by atoms with E-state index < -0.39 is 0 Å². The minimum atomic E-state index is -0.254. The molecule has 1 aromatic heterocycles. The van der Waals surface area contributed by atoms with Crippen LogP contribution in [0.5, 0.6) is 0 Å². The first kappa shape index (κ1) is 16.4. The number of nitrogens with zero attached hydrogens (tertiary/aromatic N) is 2. The van der Waals surface area contributed by atoms with Crippen LogP contribution in [0.25, 0.3) is 0 Å². The summed E-state index contributed by atoms with van der Waals surface area (Å²) in [5.41, 5.74) is 1.14. The van der Waals surface area contributed by atoms with Crippen molar-refractivity contribution in [1.82, 2.24) is 15.2 Å². The minimum absolute atomic E-state index is 0.190. The molecule has 3 nitrogen and oxygen atoms in total. The summed E-state index contributed by atoms with van der Waals surface area (Å²) < 4.78 is 13.4. The van der Waals surface area contributed by atoms with Gasteiger partial charge in [0.15, 0.2) is 0 Å². The number of piperazine rings is 1. The Balaban J connectivity index is 2.17. The zero-order chi connectivity index (χ0) is 15.6. The molecular weight excluding hydrogens is 265 g/mol. The smallest absolute Gasteiger partial charge is 0.141 e. The molecule has 0 saturated carbocycles. The summed E-state index contributed by atoms with van der Waals surface area (Å²) in [5, 5.41) is 3.67. The van der Waals surface area contributed by atoms with Gasteiger partial charge in [-0.15, -0.1) is 0 Å². The maximum absolute atomic E-state index is 13.4. The fourth-order valence-corrected chi connectivity index (χ4v) is 3.09. The molecule has 2 atom stereocenters. The molecule has 0 spiro atoms. The van der Waals surface area contributed by atoms with Gasteiger partial charge in [-0.3, -0.25) is 9.88 Å². The van der Waals surface area contributed by atoms with Crippen LogP contribution in [0.4, 0.5) is 4.39 Å². The van der Waals surface area contributed by atoms with E-state index in [1.807, 2.05) is 0 Å². The van der Waals surface area contributed by atoms with Gasteiger partial charge in [0.1, 0.15) is 5.82 Å². The zero-order valence-corrected chi connectivity index (χ0v) is 13.9. The van der Waals surface area contributed by atoms with E-state index in [4.69, 9.17) is 0 Å². The van der Waals surface area contributed by atoms with Gasteiger partial charge in [-0.05, 0) is 23.0 Å². The minimum Gasteiger partial charge on any atom is -0.311 e. The van der Waals surface area contributed by atoms with Crippen molar-refractivity contribution >= 4 is 0 Å². The quantitative estimate of drug-likeness (QED) is 0.928. The van der Waals surface area contributed by atoms with Crippen molar-refractivity contribution in [3.8, 4) is 0 Å². The number of rotatable bonds is 3. The number of pyridine rings is 1. The van der Waals surface area contributed by atoms with Crippen molar-refractivity contribution in [3.63, 3.8) is 0 Å². The Labute approximate surface area is 127 Å². The predicted octanol–water partition coefficient (Wildman–Crippen LogP) is 3.07. The molecule has 4 heteroatoms. The normalized spacial score (nSPS) is 24.5. The molecule has 21 heavy (non-hydrogen) atoms. The van der Waals surface area contributed by atoms with Crippen molar-refractivity contribution in [1.29, 1.82) is 0 Å². The Kier molecular flexibility index (Phi) is 4.99. The molecule has 1 aliphatic heterocycles. The van der Waals surface area contributed by atoms with Crippen LogP contribution in [0.1, 0.15) is 40.2 Å². The maximum Gasteiger partial charge on any atom is 0.141 e. The molecule has 1 N–H and O–H groups in total. The van der Waals surface area contributed by atoms with E-state index in [1.165, 1.54) is 6.20 Å². The molecule has 1 aliphatic rings. The number of hydrogen-bond acceptors (Lipinski definition) is 3. The summed E-state index contributed by atoms with van der Waals surface area (Å²) in [6, 6.07) is 2.53. The zero-order valence-electron chi connectivity index (χ0n) is 13.9. The van der Waals surface area contributed by atoms with Crippen molar-refractivity contribution in [2.45, 2.75) is 53.2 Å². The summed E-state index contributed by atoms with van der Waals surface area (Å²) in [7, 11) is 0. The summed E-state index contributed by atoms with van der Waals surface area (Å²) >= 11 is 0. The Bertz CT molecular complexity index is 467. The summed E-state index contributed by atoms with van der Waals surface area (Å²) in [4.78, 5) is 6.46. The molecule has 1 aromatic rings. The van der Waals surface area contributed by atoms with Gasteiger partial charge in [0, 0.05) is 37.9 Å². The molecule has 0 radical (unpaired) electrons. The second-order valence-corrected chi connectivity index (χ2v) is 7.58. The molecule has 1 fully saturated rings. The van der Waals surface area contributed by atoms with Gasteiger partial charge >= 0.3 is 0 Å². The molecule has 118 valence electrons. The van der Waals surface area contributed by atoms with Crippen molar-refractivity contribution in [3.05, 3.63) is 29.8 Å². The highest BCUT2D eigenvalue weighted by Gasteiger charge is 2.36. The number of halogens is 1. The van der Waals surface area contributed by atoms with Crippen LogP contribution in [0.15, 0.2) is 18.5 Å². The van der Waals surface area contributed by atoms with Gasteiger partial charge in [0.25, 0.3) is 0 Å². The highest BCUT2D eigenvalue weighted by Crippen LogP contribution is 2.28. The lowest BCUT2D eigenvalue weighted by molar-refractivity contribution is 0.0399. The fourth-order valence-electron chi connectivity index (χ4n) is 3.09. The lowest BCUT2D eigenvalue weighted by Gasteiger charge is -2.47. The van der Waals surface area contributed by atoms with Gasteiger partial charge in [-0.2, -0.15) is 0 Å². The number of nitrogens with one attached hydrogen (secondary N) is 1. The first-order valence-electron chi connectivity index (χ1n) is 7.84. The number of hydrogen-bond donors (Lipinski definition) is 1. The van der Waals surface area contributed by atoms with E-state index in [2.05, 4.69) is 49.8 Å². The Morgan fingerprint density at radius 3 is 2.67 bits per heavy atom. The van der Waals surface area contributed by atoms with E-state index in [0.717, 1.165) is 25.2 Å². The largest absolute Gasteiger partial charge is 0.311 e. The second-order valence-electron chi connectivity index (χ2n) is 7.58. The fraction of sp³-hybridized carbons (Fsp3) is 0.706. The highest BCUT2D eigenvalue weighted by molar-refractivity contribution is 5.11. The van der Waals surface area contributed by atoms with Gasteiger partial charge in [-0.25, -0.2) is 4.39 Å². The van der Waals surface area contributed by atoms with Crippen LogP contribution in [0.2, 0.25) is 0 Å². The first-order valence-corrected chi connectivity index (χ1v) is 7.84. The SMILES string of the molecule is CC(C)C1CN(Cc2cncc(F)c2)C(C(C)(C)C)CN1. The third kappa shape index (κ3) is 4.24. The van der Waals surface area contributed by atoms with E-state index in [-0.39, 0.29) is 11.2 Å². The molecule has 0 aromatic carbocycles. The summed E-state index contributed by atoms with van der Waals surface area (Å²) in [6.07, 6.45) is 3.04. The molecule has 1 saturated heterocycles. The standard InChI is InChI=1S/C17H28FN3/c1-12(2)15-11-21(16(9-20-15)17(3,4)5)10-13-6-14(18)8-19-7-13/h6-8,12,15-16,20H,9-11H2,1-5H3. The van der Waals surface area contributed by atoms with Crippen LogP contribution < -0.4 is 5.32 Å². The molecule has 0 amide bonds. The molecule has 0 aliphatic carbocycles. The first-order chi connectivity index (χ1) is 9.77. The van der Waals surface area contributed by atoms with Crippen molar-refractivity contribution < 1.29 is 4.39 Å². The Hall–Kier alpha value is -1.00. The summed E-state index contributed by atoms with van der Waals surface area (Å²) in [6.45, 7) is 14.0. The average Bonchev–Trinajstić information content (AvgIpc) is 2.37. The topological polar surface area (TPSA) is 28.2 Å². The van der Waals surface area contributed by atoms with Crippen LogP contribution in [-0.2, 0) is 6.54 Å². The molecular formula is C17H28FN3. The van der Waals surface area contributed by atoms with Crippen LogP contribution in [0.3, 0.4) is 0 Å². The third-order valence-electron chi connectivity index (χ3n) is 4.40. The van der Waals surface area contributed by atoms with Gasteiger partial charge in [-0.1, -0.05) is 34.6 Å². The number of aromatic nitrogens is 1. The monoisotopic (exact) mass is 293 g/mol. The summed E-state index contributed by atoms with van der Waals surface area (Å²) in [5.74, 6) is 0.342. The Morgan fingerprint density at radius 2 is 2.10 bits per heavy atom. The second kappa shape index (κ2) is 6.41. The predicted molar refractivity (Wildman–Crippen MR) is 84.5 cm³/mol. The van der Waals surface area contributed by atoms with Crippen LogP contribution in [-0.4, -0.2) is 35.1 Å². The van der Waals surface area contributed by atoms with E-state index in [0.29, 0.717) is 18.0 Å². The van der Waals surface area contributed by atoms with E-state index in [9.17, 15) is 4.39 Å². The van der Waals surface area contributed by atoms with E-state index in [1.54, 1.807) is 12.3 Å². The molecule has 2 unspecified atom stereocenters. The third-order valence-corrected chi connectivity index (χ3v) is 4.40. The van der Waals surface area contributed by atoms with Gasteiger partial charge in [0.05, 0.1) is 6.20 Å². The van der Waals surface area contributed by atoms with E-state index >= 15 is 0 Å². The highest BCUT2D eigenvalue weighted by atomic mass is 19.1. The van der Waals surface area contributed by atoms with Crippen molar-refractivity contribution in [2.75, 3.05) is 13.1 Å². The lowest BCUT2D eigenvalue weighted by Crippen LogP contribution is -2.61. The van der Waals surface area contributed by atoms with Crippen LogP contribution in [0, 0.1) is 17.2 Å². The average molecular weight is 293 g/mol. The molecule has 0 bridgehead atoms. The van der Waals surface area contributed by atoms with Gasteiger partial charge in [0.2, 0.25) is 0 Å². The molecule has 2 rings (SSSR count). The van der Waals surface area contributed by atoms with Crippen molar-refractivity contribution in [2.24, 2.45) is 11.3 Å². The lowest BCUT2D eigenvalue weighted by atomic mass is 9.83. The maximum atomic E-state index is 13.4. The van der Waals surface area contributed by atoms with Gasteiger partial charge < -0.3 is 5.32 Å².